The van der Waals surface area contributed by atoms with E-state index in [-0.39, 0.29) is 0 Å². The van der Waals surface area contributed by atoms with Crippen LogP contribution >= 0.6 is 11.6 Å². The summed E-state index contributed by atoms with van der Waals surface area (Å²) < 4.78 is 10.5. The summed E-state index contributed by atoms with van der Waals surface area (Å²) in [5.41, 5.74) is 0.992. The van der Waals surface area contributed by atoms with E-state index in [1.807, 2.05) is 25.1 Å². The Kier molecular flexibility index (Phi) is 2.92. The molecule has 0 saturated carbocycles. The second-order valence-electron chi connectivity index (χ2n) is 3.14. The van der Waals surface area contributed by atoms with Crippen LogP contribution in [0.1, 0.15) is 11.3 Å². The van der Waals surface area contributed by atoms with Gasteiger partial charge in [-0.25, -0.2) is 4.98 Å². The molecular weight excluding hydrogens is 214 g/mol. The van der Waals surface area contributed by atoms with Gasteiger partial charge in [0.2, 0.25) is 0 Å². The molecule has 0 spiro atoms. The second kappa shape index (κ2) is 4.36. The molecule has 1 heterocycles. The van der Waals surface area contributed by atoms with E-state index in [2.05, 4.69) is 4.98 Å². The Balaban J connectivity index is 2.08. The maximum absolute atomic E-state index is 6.06. The molecule has 78 valence electrons. The lowest BCUT2D eigenvalue weighted by Gasteiger charge is -2.07. The maximum atomic E-state index is 6.06. The summed E-state index contributed by atoms with van der Waals surface area (Å²) in [6.45, 7) is 2.27. The van der Waals surface area contributed by atoms with Gasteiger partial charge in [0.05, 0.1) is 11.2 Å². The zero-order valence-corrected chi connectivity index (χ0v) is 8.99. The maximum Gasteiger partial charge on any atom is 0.181 e. The largest absolute Gasteiger partial charge is 0.484 e. The molecule has 0 N–H and O–H groups in total. The lowest BCUT2D eigenvalue weighted by Crippen LogP contribution is -1.94. The number of hydrogen-bond acceptors (Lipinski definition) is 3. The number of ether oxygens (including phenoxy) is 1. The lowest BCUT2D eigenvalue weighted by atomic mass is 10.2. The highest BCUT2D eigenvalue weighted by Gasteiger charge is 2.04. The van der Waals surface area contributed by atoms with E-state index in [1.54, 1.807) is 6.20 Å². The molecule has 0 amide bonds. The van der Waals surface area contributed by atoms with Crippen LogP contribution in [0.4, 0.5) is 0 Å². The molecule has 3 nitrogen and oxygen atoms in total. The first-order valence-electron chi connectivity index (χ1n) is 4.52. The average molecular weight is 224 g/mol. The molecule has 0 radical (unpaired) electrons. The average Bonchev–Trinajstić information content (AvgIpc) is 2.73. The Bertz CT molecular complexity index is 440. The van der Waals surface area contributed by atoms with Gasteiger partial charge in [-0.15, -0.1) is 0 Å². The summed E-state index contributed by atoms with van der Waals surface area (Å²) in [4.78, 5) is 3.79. The minimum Gasteiger partial charge on any atom is -0.484 e. The molecule has 0 aliphatic rings. The van der Waals surface area contributed by atoms with Gasteiger partial charge in [-0.2, -0.15) is 0 Å². The van der Waals surface area contributed by atoms with Crippen LogP contribution in [0.3, 0.4) is 0 Å². The first-order valence-corrected chi connectivity index (χ1v) is 4.90. The van der Waals surface area contributed by atoms with Crippen LogP contribution in [0.2, 0.25) is 5.02 Å². The van der Waals surface area contributed by atoms with Crippen LogP contribution in [-0.2, 0) is 6.61 Å². The third kappa shape index (κ3) is 2.30. The van der Waals surface area contributed by atoms with Crippen molar-refractivity contribution in [1.82, 2.24) is 4.98 Å². The number of benzene rings is 1. The Morgan fingerprint density at radius 2 is 2.33 bits per heavy atom. The first kappa shape index (κ1) is 10.1. The smallest absolute Gasteiger partial charge is 0.181 e. The quantitative estimate of drug-likeness (QED) is 0.802. The number of rotatable bonds is 3. The predicted molar refractivity (Wildman–Crippen MR) is 57.0 cm³/mol. The number of aromatic nitrogens is 1. The molecular formula is C11H10ClNO2. The van der Waals surface area contributed by atoms with Crippen molar-refractivity contribution in [3.63, 3.8) is 0 Å². The number of oxazole rings is 1. The van der Waals surface area contributed by atoms with Gasteiger partial charge < -0.3 is 9.15 Å². The normalized spacial score (nSPS) is 10.3. The molecule has 4 heteroatoms. The van der Waals surface area contributed by atoms with Crippen molar-refractivity contribution in [3.8, 4) is 5.75 Å². The van der Waals surface area contributed by atoms with E-state index in [9.17, 15) is 0 Å². The fourth-order valence-corrected chi connectivity index (χ4v) is 1.37. The molecule has 0 bridgehead atoms. The van der Waals surface area contributed by atoms with Crippen molar-refractivity contribution >= 4 is 11.6 Å². The monoisotopic (exact) mass is 223 g/mol. The van der Waals surface area contributed by atoms with E-state index >= 15 is 0 Å². The van der Waals surface area contributed by atoms with Crippen LogP contribution in [0.15, 0.2) is 35.2 Å². The molecule has 1 aromatic heterocycles. The Morgan fingerprint density at radius 3 is 3.07 bits per heavy atom. The minimum atomic E-state index is 0.336. The molecule has 0 fully saturated rings. The van der Waals surface area contributed by atoms with Gasteiger partial charge in [0, 0.05) is 0 Å². The summed E-state index contributed by atoms with van der Waals surface area (Å²) in [5.74, 6) is 1.33. The standard InChI is InChI=1S/C11H10ClNO2/c1-8-3-2-4-10(11(8)12)14-6-9-5-13-7-15-9/h2-5,7H,6H2,1H3. The molecule has 1 aromatic carbocycles. The summed E-state index contributed by atoms with van der Waals surface area (Å²) in [7, 11) is 0. The second-order valence-corrected chi connectivity index (χ2v) is 3.52. The summed E-state index contributed by atoms with van der Waals surface area (Å²) >= 11 is 6.06. The first-order chi connectivity index (χ1) is 7.27. The van der Waals surface area contributed by atoms with Crippen LogP contribution in [0, 0.1) is 6.92 Å². The van der Waals surface area contributed by atoms with E-state index in [4.69, 9.17) is 20.8 Å². The van der Waals surface area contributed by atoms with Crippen molar-refractivity contribution in [1.29, 1.82) is 0 Å². The molecule has 0 aliphatic carbocycles. The molecule has 0 unspecified atom stereocenters. The van der Waals surface area contributed by atoms with Gasteiger partial charge in [-0.1, -0.05) is 23.7 Å². The third-order valence-electron chi connectivity index (χ3n) is 2.01. The van der Waals surface area contributed by atoms with Crippen molar-refractivity contribution in [2.75, 3.05) is 0 Å². The van der Waals surface area contributed by atoms with E-state index in [1.165, 1.54) is 6.39 Å². The summed E-state index contributed by atoms with van der Waals surface area (Å²) in [5, 5.41) is 0.636. The number of hydrogen-bond donors (Lipinski definition) is 0. The molecule has 0 aliphatic heterocycles. The zero-order chi connectivity index (χ0) is 10.7. The highest BCUT2D eigenvalue weighted by Crippen LogP contribution is 2.27. The van der Waals surface area contributed by atoms with E-state index in [0.29, 0.717) is 23.1 Å². The molecule has 0 saturated heterocycles. The highest BCUT2D eigenvalue weighted by atomic mass is 35.5. The van der Waals surface area contributed by atoms with Crippen LogP contribution in [-0.4, -0.2) is 4.98 Å². The number of halogens is 1. The fraction of sp³-hybridized carbons (Fsp3) is 0.182. The molecule has 15 heavy (non-hydrogen) atoms. The van der Waals surface area contributed by atoms with E-state index in [0.717, 1.165) is 5.56 Å². The Labute approximate surface area is 92.6 Å². The van der Waals surface area contributed by atoms with E-state index < -0.39 is 0 Å². The van der Waals surface area contributed by atoms with Crippen LogP contribution < -0.4 is 4.74 Å². The molecule has 2 aromatic rings. The van der Waals surface area contributed by atoms with Gasteiger partial charge in [0.25, 0.3) is 0 Å². The third-order valence-corrected chi connectivity index (χ3v) is 2.49. The van der Waals surface area contributed by atoms with Crippen molar-refractivity contribution in [3.05, 3.63) is 47.1 Å². The SMILES string of the molecule is Cc1cccc(OCc2cnco2)c1Cl. The van der Waals surface area contributed by atoms with Gasteiger partial charge in [-0.3, -0.25) is 0 Å². The highest BCUT2D eigenvalue weighted by molar-refractivity contribution is 6.32. The van der Waals surface area contributed by atoms with Gasteiger partial charge in [0.1, 0.15) is 12.4 Å². The Morgan fingerprint density at radius 1 is 1.47 bits per heavy atom. The number of nitrogens with zero attached hydrogens (tertiary/aromatic N) is 1. The Hall–Kier alpha value is -1.48. The summed E-state index contributed by atoms with van der Waals surface area (Å²) in [6, 6.07) is 5.66. The van der Waals surface area contributed by atoms with Gasteiger partial charge in [-0.05, 0) is 18.6 Å². The zero-order valence-electron chi connectivity index (χ0n) is 8.24. The topological polar surface area (TPSA) is 35.3 Å². The van der Waals surface area contributed by atoms with Crippen molar-refractivity contribution < 1.29 is 9.15 Å². The summed E-state index contributed by atoms with van der Waals surface area (Å²) in [6.07, 6.45) is 2.99. The predicted octanol–water partition coefficient (Wildman–Crippen LogP) is 3.22. The van der Waals surface area contributed by atoms with Crippen molar-refractivity contribution in [2.45, 2.75) is 13.5 Å². The van der Waals surface area contributed by atoms with Crippen molar-refractivity contribution in [2.24, 2.45) is 0 Å². The fourth-order valence-electron chi connectivity index (χ4n) is 1.19. The lowest BCUT2D eigenvalue weighted by molar-refractivity contribution is 0.270. The van der Waals surface area contributed by atoms with Gasteiger partial charge >= 0.3 is 0 Å². The molecule has 0 atom stereocenters. The van der Waals surface area contributed by atoms with Crippen LogP contribution in [0.5, 0.6) is 5.75 Å². The van der Waals surface area contributed by atoms with Crippen LogP contribution in [0.25, 0.3) is 0 Å². The minimum absolute atomic E-state index is 0.336. The number of aryl methyl sites for hydroxylation is 1. The molecule has 2 rings (SSSR count). The van der Waals surface area contributed by atoms with Gasteiger partial charge in [0.15, 0.2) is 12.2 Å².